The van der Waals surface area contributed by atoms with E-state index in [-0.39, 0.29) is 12.4 Å². The zero-order chi connectivity index (χ0) is 14.8. The monoisotopic (exact) mass is 360 g/mol. The summed E-state index contributed by atoms with van der Waals surface area (Å²) in [4.78, 5) is 1.65. The lowest BCUT2D eigenvalue weighted by Gasteiger charge is -2.38. The number of nitrogens with one attached hydrogen (secondary N) is 1. The quantitative estimate of drug-likeness (QED) is 0.865. The first-order chi connectivity index (χ1) is 9.44. The van der Waals surface area contributed by atoms with E-state index in [2.05, 4.69) is 5.32 Å². The lowest BCUT2D eigenvalue weighted by Crippen LogP contribution is -2.51. The van der Waals surface area contributed by atoms with Crippen molar-refractivity contribution in [2.45, 2.75) is 12.0 Å². The molecule has 0 spiro atoms. The standard InChI is InChI=1S/C13H16Cl2F2N2O.ClH/c14-10-5-9(6-11(15)7-10)12(13(16,17)8-20)19-3-1-18-2-4-19;/h5-7,12,18,20H,1-4,8H2;1H/t12-;/m0./s1. The van der Waals surface area contributed by atoms with E-state index in [0.717, 1.165) is 0 Å². The van der Waals surface area contributed by atoms with Crippen molar-refractivity contribution in [3.05, 3.63) is 33.8 Å². The molecule has 0 radical (unpaired) electrons. The second-order valence-electron chi connectivity index (χ2n) is 4.81. The molecular weight excluding hydrogens is 345 g/mol. The van der Waals surface area contributed by atoms with E-state index in [1.54, 1.807) is 4.90 Å². The van der Waals surface area contributed by atoms with Gasteiger partial charge >= 0.3 is 0 Å². The van der Waals surface area contributed by atoms with Crippen LogP contribution in [0.5, 0.6) is 0 Å². The first kappa shape index (κ1) is 18.9. The molecule has 1 heterocycles. The summed E-state index contributed by atoms with van der Waals surface area (Å²) in [5.41, 5.74) is 0.323. The van der Waals surface area contributed by atoms with Gasteiger partial charge in [-0.25, -0.2) is 8.78 Å². The van der Waals surface area contributed by atoms with Crippen LogP contribution < -0.4 is 5.32 Å². The number of halogens is 5. The highest BCUT2D eigenvalue weighted by molar-refractivity contribution is 6.34. The Kier molecular flexibility index (Phi) is 7.10. The third-order valence-electron chi connectivity index (χ3n) is 3.33. The molecule has 2 N–H and O–H groups in total. The summed E-state index contributed by atoms with van der Waals surface area (Å²) < 4.78 is 28.3. The molecule has 3 nitrogen and oxygen atoms in total. The molecule has 0 aromatic heterocycles. The van der Waals surface area contributed by atoms with Gasteiger partial charge in [0, 0.05) is 36.2 Å². The third kappa shape index (κ3) is 4.65. The predicted molar refractivity (Wildman–Crippen MR) is 82.9 cm³/mol. The zero-order valence-corrected chi connectivity index (χ0v) is 13.5. The van der Waals surface area contributed by atoms with Crippen LogP contribution in [0.3, 0.4) is 0 Å². The van der Waals surface area contributed by atoms with Gasteiger partial charge in [0.2, 0.25) is 0 Å². The average Bonchev–Trinajstić information content (AvgIpc) is 2.39. The van der Waals surface area contributed by atoms with Crippen LogP contribution in [0.15, 0.2) is 18.2 Å². The highest BCUT2D eigenvalue weighted by Crippen LogP contribution is 2.38. The normalized spacial score (nSPS) is 18.1. The summed E-state index contributed by atoms with van der Waals surface area (Å²) in [6, 6.07) is 3.22. The number of aliphatic hydroxyl groups excluding tert-OH is 1. The fourth-order valence-corrected chi connectivity index (χ4v) is 3.02. The topological polar surface area (TPSA) is 35.5 Å². The van der Waals surface area contributed by atoms with Crippen molar-refractivity contribution in [3.8, 4) is 0 Å². The Morgan fingerprint density at radius 3 is 2.19 bits per heavy atom. The predicted octanol–water partition coefficient (Wildman–Crippen LogP) is 2.99. The minimum absolute atomic E-state index is 0. The van der Waals surface area contributed by atoms with E-state index in [1.807, 2.05) is 0 Å². The summed E-state index contributed by atoms with van der Waals surface area (Å²) in [5.74, 6) is -3.26. The van der Waals surface area contributed by atoms with Crippen LogP contribution in [0.4, 0.5) is 8.78 Å². The Labute approximate surface area is 138 Å². The minimum Gasteiger partial charge on any atom is -0.390 e. The van der Waals surface area contributed by atoms with Crippen LogP contribution in [0.1, 0.15) is 11.6 Å². The van der Waals surface area contributed by atoms with Crippen LogP contribution in [0, 0.1) is 0 Å². The number of alkyl halides is 2. The van der Waals surface area contributed by atoms with Gasteiger partial charge in [0.25, 0.3) is 5.92 Å². The van der Waals surface area contributed by atoms with Crippen LogP contribution in [0.25, 0.3) is 0 Å². The Balaban J connectivity index is 0.00000220. The summed E-state index contributed by atoms with van der Waals surface area (Å²) in [6.45, 7) is 0.999. The van der Waals surface area contributed by atoms with Crippen molar-refractivity contribution in [3.63, 3.8) is 0 Å². The van der Waals surface area contributed by atoms with Crippen molar-refractivity contribution in [2.75, 3.05) is 32.8 Å². The van der Waals surface area contributed by atoms with Crippen LogP contribution in [0.2, 0.25) is 10.0 Å². The fourth-order valence-electron chi connectivity index (χ4n) is 2.48. The van der Waals surface area contributed by atoms with Gasteiger partial charge in [-0.05, 0) is 23.8 Å². The van der Waals surface area contributed by atoms with Crippen LogP contribution in [-0.4, -0.2) is 48.7 Å². The van der Waals surface area contributed by atoms with Crippen molar-refractivity contribution in [1.29, 1.82) is 0 Å². The van der Waals surface area contributed by atoms with Crippen LogP contribution in [-0.2, 0) is 0 Å². The second kappa shape index (κ2) is 7.90. The molecule has 1 aliphatic heterocycles. The molecule has 0 saturated carbocycles. The van der Waals surface area contributed by atoms with Gasteiger partial charge in [0.05, 0.1) is 0 Å². The van der Waals surface area contributed by atoms with Crippen molar-refractivity contribution >= 4 is 35.6 Å². The Morgan fingerprint density at radius 1 is 1.19 bits per heavy atom. The highest BCUT2D eigenvalue weighted by Gasteiger charge is 2.44. The molecule has 1 atom stereocenters. The smallest absolute Gasteiger partial charge is 0.289 e. The fraction of sp³-hybridized carbons (Fsp3) is 0.538. The van der Waals surface area contributed by atoms with E-state index in [1.165, 1.54) is 18.2 Å². The van der Waals surface area contributed by atoms with Gasteiger partial charge in [-0.3, -0.25) is 4.90 Å². The summed E-state index contributed by atoms with van der Waals surface area (Å²) in [7, 11) is 0. The zero-order valence-electron chi connectivity index (χ0n) is 11.2. The van der Waals surface area contributed by atoms with Gasteiger partial charge in [-0.15, -0.1) is 12.4 Å². The number of rotatable bonds is 4. The van der Waals surface area contributed by atoms with E-state index < -0.39 is 18.6 Å². The first-order valence-corrected chi connectivity index (χ1v) is 7.09. The van der Waals surface area contributed by atoms with Crippen molar-refractivity contribution in [2.24, 2.45) is 0 Å². The lowest BCUT2D eigenvalue weighted by molar-refractivity contribution is -0.118. The Hall–Kier alpha value is -0.170. The summed E-state index contributed by atoms with van der Waals surface area (Å²) in [6.07, 6.45) is 0. The van der Waals surface area contributed by atoms with E-state index >= 15 is 0 Å². The molecule has 0 unspecified atom stereocenters. The van der Waals surface area contributed by atoms with Gasteiger partial charge in [0.1, 0.15) is 12.6 Å². The number of hydrogen-bond donors (Lipinski definition) is 2. The average molecular weight is 362 g/mol. The summed E-state index contributed by atoms with van der Waals surface area (Å²) in [5, 5.41) is 12.8. The first-order valence-electron chi connectivity index (χ1n) is 6.33. The second-order valence-corrected chi connectivity index (χ2v) is 5.68. The SMILES string of the molecule is Cl.OCC(F)(F)[C@H](c1cc(Cl)cc(Cl)c1)N1CCNCC1. The van der Waals surface area contributed by atoms with Crippen LogP contribution >= 0.6 is 35.6 Å². The molecule has 1 aromatic rings. The minimum atomic E-state index is -3.26. The van der Waals surface area contributed by atoms with Crippen molar-refractivity contribution in [1.82, 2.24) is 10.2 Å². The molecule has 1 aliphatic rings. The molecule has 1 aromatic carbocycles. The van der Waals surface area contributed by atoms with Gasteiger partial charge in [-0.2, -0.15) is 0 Å². The molecule has 0 bridgehead atoms. The maximum Gasteiger partial charge on any atom is 0.289 e. The van der Waals surface area contributed by atoms with E-state index in [4.69, 9.17) is 28.3 Å². The molecule has 2 rings (SSSR count). The number of piperazine rings is 1. The number of aliphatic hydroxyl groups is 1. The Morgan fingerprint density at radius 2 is 1.71 bits per heavy atom. The van der Waals surface area contributed by atoms with Gasteiger partial charge < -0.3 is 10.4 Å². The number of benzene rings is 1. The van der Waals surface area contributed by atoms with Crippen molar-refractivity contribution < 1.29 is 13.9 Å². The molecule has 120 valence electrons. The summed E-state index contributed by atoms with van der Waals surface area (Å²) >= 11 is 11.8. The molecular formula is C13H17Cl3F2N2O. The molecule has 21 heavy (non-hydrogen) atoms. The Bertz CT molecular complexity index is 450. The molecule has 1 saturated heterocycles. The lowest BCUT2D eigenvalue weighted by atomic mass is 9.98. The number of hydrogen-bond acceptors (Lipinski definition) is 3. The third-order valence-corrected chi connectivity index (χ3v) is 3.76. The highest BCUT2D eigenvalue weighted by atomic mass is 35.5. The maximum atomic E-state index is 14.2. The van der Waals surface area contributed by atoms with E-state index in [9.17, 15) is 8.78 Å². The molecule has 1 fully saturated rings. The molecule has 8 heteroatoms. The van der Waals surface area contributed by atoms with E-state index in [0.29, 0.717) is 41.8 Å². The van der Waals surface area contributed by atoms with Gasteiger partial charge in [0.15, 0.2) is 0 Å². The molecule has 0 amide bonds. The van der Waals surface area contributed by atoms with Gasteiger partial charge in [-0.1, -0.05) is 23.2 Å². The molecule has 0 aliphatic carbocycles. The maximum absolute atomic E-state index is 14.2. The largest absolute Gasteiger partial charge is 0.390 e. The number of nitrogens with zero attached hydrogens (tertiary/aromatic N) is 1.